The molecule has 0 spiro atoms. The van der Waals surface area contributed by atoms with E-state index < -0.39 is 5.91 Å². The summed E-state index contributed by atoms with van der Waals surface area (Å²) in [6.45, 7) is 6.26. The predicted molar refractivity (Wildman–Crippen MR) is 124 cm³/mol. The van der Waals surface area contributed by atoms with Gasteiger partial charge in [0, 0.05) is 6.54 Å². The van der Waals surface area contributed by atoms with Crippen molar-refractivity contribution in [2.75, 3.05) is 33.0 Å². The van der Waals surface area contributed by atoms with Crippen LogP contribution in [0.15, 0.2) is 27.9 Å². The fourth-order valence-corrected chi connectivity index (χ4v) is 3.39. The minimum absolute atomic E-state index is 0.0436. The minimum Gasteiger partial charge on any atom is -0.493 e. The number of methoxy groups -OCH3 is 2. The monoisotopic (exact) mass is 471 g/mol. The first-order valence-corrected chi connectivity index (χ1v) is 10.8. The molecule has 0 unspecified atom stereocenters. The Morgan fingerprint density at radius 1 is 1.21 bits per heavy atom. The number of anilines is 1. The van der Waals surface area contributed by atoms with Crippen LogP contribution in [0.2, 0.25) is 0 Å². The molecule has 0 aliphatic carbocycles. The van der Waals surface area contributed by atoms with E-state index in [1.54, 1.807) is 32.4 Å². The van der Waals surface area contributed by atoms with E-state index in [1.165, 1.54) is 10.9 Å². The Labute approximate surface area is 196 Å². The van der Waals surface area contributed by atoms with E-state index in [1.807, 2.05) is 0 Å². The number of carbonyl (C=O) groups excluding carboxylic acids is 1. The highest BCUT2D eigenvalue weighted by molar-refractivity contribution is 5.94. The van der Waals surface area contributed by atoms with E-state index in [0.29, 0.717) is 29.3 Å². The lowest BCUT2D eigenvalue weighted by molar-refractivity contribution is 0.0947. The Bertz CT molecular complexity index is 1120. The molecule has 0 fully saturated rings. The standard InChI is InChI=1S/C21H29N9O4/c1-5-9-29(10-6-2)13-15-18(24-28-30(15)20-19(22)26-34-27-20)21(31)25-23-12-14-7-8-16(32-3)17(11-14)33-4/h7-8,11-12H,5-6,9-10,13H2,1-4H3,(H2,22,26)(H,25,31)/b23-12-. The van der Waals surface area contributed by atoms with Crippen LogP contribution in [0.4, 0.5) is 5.82 Å². The number of nitrogens with one attached hydrogen (secondary N) is 1. The topological polar surface area (TPSA) is 159 Å². The van der Waals surface area contributed by atoms with Crippen LogP contribution in [-0.4, -0.2) is 69.6 Å². The zero-order valence-corrected chi connectivity index (χ0v) is 19.7. The van der Waals surface area contributed by atoms with Crippen molar-refractivity contribution in [1.29, 1.82) is 0 Å². The summed E-state index contributed by atoms with van der Waals surface area (Å²) in [5, 5.41) is 19.6. The van der Waals surface area contributed by atoms with Crippen molar-refractivity contribution < 1.29 is 18.9 Å². The average molecular weight is 472 g/mol. The van der Waals surface area contributed by atoms with Crippen LogP contribution in [0.1, 0.15) is 48.4 Å². The third-order valence-corrected chi connectivity index (χ3v) is 4.91. The van der Waals surface area contributed by atoms with Crippen molar-refractivity contribution >= 4 is 17.9 Å². The normalized spacial score (nSPS) is 11.3. The van der Waals surface area contributed by atoms with Gasteiger partial charge in [-0.3, -0.25) is 9.69 Å². The Morgan fingerprint density at radius 2 is 1.94 bits per heavy atom. The zero-order chi connectivity index (χ0) is 24.5. The summed E-state index contributed by atoms with van der Waals surface area (Å²) in [6.07, 6.45) is 3.39. The van der Waals surface area contributed by atoms with Crippen molar-refractivity contribution in [1.82, 2.24) is 35.6 Å². The van der Waals surface area contributed by atoms with Gasteiger partial charge >= 0.3 is 0 Å². The van der Waals surface area contributed by atoms with Crippen molar-refractivity contribution in [3.63, 3.8) is 0 Å². The van der Waals surface area contributed by atoms with Crippen LogP contribution in [0, 0.1) is 0 Å². The molecule has 1 aromatic carbocycles. The summed E-state index contributed by atoms with van der Waals surface area (Å²) >= 11 is 0. The van der Waals surface area contributed by atoms with Gasteiger partial charge in [0.15, 0.2) is 17.2 Å². The number of rotatable bonds is 12. The Hall–Kier alpha value is -4.00. The quantitative estimate of drug-likeness (QED) is 0.294. The first-order valence-electron chi connectivity index (χ1n) is 10.8. The number of benzene rings is 1. The number of ether oxygens (including phenoxy) is 2. The van der Waals surface area contributed by atoms with Gasteiger partial charge in [-0.2, -0.15) is 9.78 Å². The Morgan fingerprint density at radius 3 is 2.56 bits per heavy atom. The van der Waals surface area contributed by atoms with Crippen LogP contribution in [-0.2, 0) is 6.54 Å². The molecular formula is C21H29N9O4. The van der Waals surface area contributed by atoms with Gasteiger partial charge in [-0.15, -0.1) is 5.10 Å². The molecule has 13 nitrogen and oxygen atoms in total. The summed E-state index contributed by atoms with van der Waals surface area (Å²) in [5.74, 6) is 0.829. The highest BCUT2D eigenvalue weighted by atomic mass is 16.6. The summed E-state index contributed by atoms with van der Waals surface area (Å²) in [5.41, 5.74) is 9.66. The molecule has 0 bridgehead atoms. The number of aromatic nitrogens is 5. The van der Waals surface area contributed by atoms with Gasteiger partial charge in [0.05, 0.1) is 26.1 Å². The van der Waals surface area contributed by atoms with Crippen LogP contribution in [0.25, 0.3) is 5.82 Å². The molecular weight excluding hydrogens is 442 g/mol. The minimum atomic E-state index is -0.527. The molecule has 34 heavy (non-hydrogen) atoms. The number of hydrogen-bond donors (Lipinski definition) is 2. The molecule has 0 saturated heterocycles. The Kier molecular flexibility index (Phi) is 8.51. The summed E-state index contributed by atoms with van der Waals surface area (Å²) in [6, 6.07) is 5.27. The predicted octanol–water partition coefficient (Wildman–Crippen LogP) is 1.64. The van der Waals surface area contributed by atoms with Crippen molar-refractivity contribution in [3.05, 3.63) is 35.2 Å². The maximum atomic E-state index is 12.9. The number of hydrogen-bond acceptors (Lipinski definition) is 11. The second-order valence-corrected chi connectivity index (χ2v) is 7.36. The first kappa shape index (κ1) is 24.6. The van der Waals surface area contributed by atoms with Gasteiger partial charge < -0.3 is 15.2 Å². The average Bonchev–Trinajstić information content (AvgIpc) is 3.44. The molecule has 0 saturated carbocycles. The molecule has 13 heteroatoms. The van der Waals surface area contributed by atoms with Gasteiger partial charge in [0.1, 0.15) is 0 Å². The van der Waals surface area contributed by atoms with E-state index in [4.69, 9.17) is 19.8 Å². The van der Waals surface area contributed by atoms with E-state index in [2.05, 4.69) is 49.9 Å². The van der Waals surface area contributed by atoms with Crippen LogP contribution >= 0.6 is 0 Å². The summed E-state index contributed by atoms with van der Waals surface area (Å²) in [4.78, 5) is 15.1. The van der Waals surface area contributed by atoms with Crippen LogP contribution in [0.5, 0.6) is 11.5 Å². The lowest BCUT2D eigenvalue weighted by Crippen LogP contribution is -2.28. The van der Waals surface area contributed by atoms with E-state index >= 15 is 0 Å². The van der Waals surface area contributed by atoms with Gasteiger partial charge in [-0.25, -0.2) is 10.1 Å². The molecule has 182 valence electrons. The number of hydrazone groups is 1. The second-order valence-electron chi connectivity index (χ2n) is 7.36. The number of nitrogens with zero attached hydrogens (tertiary/aromatic N) is 7. The number of nitrogen functional groups attached to an aromatic ring is 1. The van der Waals surface area contributed by atoms with Gasteiger partial charge in [-0.1, -0.05) is 19.1 Å². The molecule has 0 aliphatic rings. The van der Waals surface area contributed by atoms with Gasteiger partial charge in [0.25, 0.3) is 5.91 Å². The largest absolute Gasteiger partial charge is 0.493 e. The smallest absolute Gasteiger partial charge is 0.293 e. The van der Waals surface area contributed by atoms with Crippen molar-refractivity contribution in [2.24, 2.45) is 5.10 Å². The van der Waals surface area contributed by atoms with Crippen molar-refractivity contribution in [2.45, 2.75) is 33.2 Å². The number of amides is 1. The lowest BCUT2D eigenvalue weighted by Gasteiger charge is -2.21. The second kappa shape index (κ2) is 11.7. The molecule has 2 heterocycles. The fourth-order valence-electron chi connectivity index (χ4n) is 3.39. The molecule has 3 N–H and O–H groups in total. The molecule has 3 aromatic rings. The highest BCUT2D eigenvalue weighted by Gasteiger charge is 2.25. The van der Waals surface area contributed by atoms with E-state index in [-0.39, 0.29) is 17.3 Å². The Balaban J connectivity index is 1.85. The lowest BCUT2D eigenvalue weighted by atomic mass is 10.2. The highest BCUT2D eigenvalue weighted by Crippen LogP contribution is 2.26. The molecule has 0 atom stereocenters. The third kappa shape index (κ3) is 5.67. The van der Waals surface area contributed by atoms with E-state index in [0.717, 1.165) is 25.9 Å². The third-order valence-electron chi connectivity index (χ3n) is 4.91. The molecule has 0 aliphatic heterocycles. The van der Waals surface area contributed by atoms with Gasteiger partial charge in [0.2, 0.25) is 11.6 Å². The summed E-state index contributed by atoms with van der Waals surface area (Å²) in [7, 11) is 3.10. The molecule has 3 rings (SSSR count). The first-order chi connectivity index (χ1) is 16.5. The molecule has 0 radical (unpaired) electrons. The molecule has 1 amide bonds. The fraction of sp³-hybridized carbons (Fsp3) is 0.429. The zero-order valence-electron chi connectivity index (χ0n) is 19.7. The molecule has 2 aromatic heterocycles. The van der Waals surface area contributed by atoms with Crippen LogP contribution < -0.4 is 20.6 Å². The van der Waals surface area contributed by atoms with E-state index in [9.17, 15) is 4.79 Å². The van der Waals surface area contributed by atoms with Gasteiger partial charge in [-0.05, 0) is 60.0 Å². The maximum Gasteiger partial charge on any atom is 0.293 e. The SMILES string of the molecule is CCCN(CCC)Cc1c(C(=O)N/N=C\c2ccc(OC)c(OC)c2)nnn1-c1nonc1N. The number of nitrogens with two attached hydrogens (primary N) is 1. The van der Waals surface area contributed by atoms with Crippen LogP contribution in [0.3, 0.4) is 0 Å². The maximum absolute atomic E-state index is 12.9. The number of carbonyl (C=O) groups is 1. The summed E-state index contributed by atoms with van der Waals surface area (Å²) < 4.78 is 16.6. The van der Waals surface area contributed by atoms with Crippen molar-refractivity contribution in [3.8, 4) is 17.3 Å².